The molecule has 0 bridgehead atoms. The predicted molar refractivity (Wildman–Crippen MR) is 328 cm³/mol. The number of hydrogen-bond donors (Lipinski definition) is 3. The summed E-state index contributed by atoms with van der Waals surface area (Å²) in [5.74, 6) is 1.65. The minimum atomic E-state index is -3.86. The Kier molecular flexibility index (Phi) is 19.5. The second kappa shape index (κ2) is 25.8. The summed E-state index contributed by atoms with van der Waals surface area (Å²) < 4.78 is 42.7. The lowest BCUT2D eigenvalue weighted by Crippen LogP contribution is -2.41. The highest BCUT2D eigenvalue weighted by atomic mass is 79.9. The number of H-pyrrole nitrogens is 1. The molecule has 1 fully saturated rings. The number of fused-ring (bicyclic) bond motifs is 2. The number of aromatic amines is 1. The van der Waals surface area contributed by atoms with Crippen molar-refractivity contribution >= 4 is 151 Å². The third-order valence-corrected chi connectivity index (χ3v) is 16.3. The Morgan fingerprint density at radius 1 is 0.615 bits per heavy atom. The Morgan fingerprint density at radius 3 is 1.65 bits per heavy atom. The third kappa shape index (κ3) is 15.1. The quantitative estimate of drug-likeness (QED) is 0.0883. The maximum absolute atomic E-state index is 13.3. The molecule has 0 atom stereocenters. The first-order chi connectivity index (χ1) is 37.1. The van der Waals surface area contributed by atoms with Gasteiger partial charge in [0.1, 0.15) is 31.1 Å². The summed E-state index contributed by atoms with van der Waals surface area (Å²) in [6.07, 6.45) is 6.48. The largest absolute Gasteiger partial charge is 0.497 e. The minimum Gasteiger partial charge on any atom is -0.399 e. The van der Waals surface area contributed by atoms with Gasteiger partial charge in [-0.25, -0.2) is 37.3 Å². The smallest absolute Gasteiger partial charge is 0.399 e. The maximum atomic E-state index is 13.3. The Bertz CT molecular complexity index is 3770. The molecule has 0 amide bonds. The highest BCUT2D eigenvalue weighted by Gasteiger charge is 2.52. The third-order valence-electron chi connectivity index (χ3n) is 12.4. The minimum absolute atomic E-state index is 0.178. The molecule has 0 unspecified atom stereocenters. The van der Waals surface area contributed by atoms with E-state index in [1.54, 1.807) is 36.5 Å². The molecule has 11 rings (SSSR count). The van der Waals surface area contributed by atoms with Gasteiger partial charge in [0, 0.05) is 69.7 Å². The molecule has 0 saturated carbocycles. The normalized spacial score (nSPS) is 13.4. The zero-order valence-electron chi connectivity index (χ0n) is 42.5. The van der Waals surface area contributed by atoms with Crippen molar-refractivity contribution in [3.8, 4) is 11.3 Å². The van der Waals surface area contributed by atoms with Gasteiger partial charge in [0.15, 0.2) is 5.65 Å². The van der Waals surface area contributed by atoms with Crippen molar-refractivity contribution in [2.45, 2.75) is 63.8 Å². The zero-order chi connectivity index (χ0) is 55.8. The first-order valence-electron chi connectivity index (χ1n) is 24.0. The molecular formula is C56H49BBr3Cl4N9O4S. The fraction of sp³-hybridized carbons (Fsp3) is 0.161. The van der Waals surface area contributed by atoms with E-state index in [4.69, 9.17) is 60.7 Å². The van der Waals surface area contributed by atoms with Gasteiger partial charge in [-0.15, -0.1) is 0 Å². The molecule has 13 nitrogen and oxygen atoms in total. The lowest BCUT2D eigenvalue weighted by molar-refractivity contribution is 0.00578. The number of rotatable bonds is 10. The number of nitrogens with zero attached hydrogens (tertiary/aromatic N) is 6. The van der Waals surface area contributed by atoms with Gasteiger partial charge in [0.2, 0.25) is 0 Å². The summed E-state index contributed by atoms with van der Waals surface area (Å²) in [5, 5.41) is 10.6. The van der Waals surface area contributed by atoms with Crippen LogP contribution in [-0.4, -0.2) is 60.6 Å². The van der Waals surface area contributed by atoms with E-state index >= 15 is 0 Å². The first-order valence-corrected chi connectivity index (χ1v) is 29.3. The van der Waals surface area contributed by atoms with E-state index in [0.29, 0.717) is 27.4 Å². The number of hydrogen-bond acceptors (Lipinski definition) is 11. The Labute approximate surface area is 498 Å². The van der Waals surface area contributed by atoms with E-state index in [0.717, 1.165) is 75.5 Å². The maximum Gasteiger partial charge on any atom is 0.497 e. The van der Waals surface area contributed by atoms with Crippen LogP contribution in [0.4, 0.5) is 11.6 Å². The van der Waals surface area contributed by atoms with E-state index in [2.05, 4.69) is 83.3 Å². The molecule has 3 aromatic carbocycles. The van der Waals surface area contributed by atoms with E-state index in [-0.39, 0.29) is 10.5 Å². The first kappa shape index (κ1) is 58.8. The van der Waals surface area contributed by atoms with E-state index in [1.165, 1.54) is 21.9 Å². The van der Waals surface area contributed by atoms with E-state index in [9.17, 15) is 8.42 Å². The van der Waals surface area contributed by atoms with Crippen molar-refractivity contribution in [3.63, 3.8) is 0 Å². The van der Waals surface area contributed by atoms with Gasteiger partial charge in [0.25, 0.3) is 10.0 Å². The number of halogens is 7. The van der Waals surface area contributed by atoms with Crippen LogP contribution in [0.25, 0.3) is 33.3 Å². The topological polar surface area (TPSA) is 162 Å². The second-order valence-electron chi connectivity index (χ2n) is 18.6. The van der Waals surface area contributed by atoms with Crippen LogP contribution in [0.1, 0.15) is 44.4 Å². The van der Waals surface area contributed by atoms with Gasteiger partial charge in [0.05, 0.1) is 31.8 Å². The van der Waals surface area contributed by atoms with Gasteiger partial charge in [-0.2, -0.15) is 0 Å². The average molecular weight is 1340 g/mol. The van der Waals surface area contributed by atoms with Crippen LogP contribution in [-0.2, 0) is 32.4 Å². The molecule has 0 aliphatic carbocycles. The molecule has 0 radical (unpaired) electrons. The van der Waals surface area contributed by atoms with Gasteiger partial charge >= 0.3 is 7.12 Å². The molecule has 10 aromatic rings. The monoisotopic (exact) mass is 1330 g/mol. The summed E-state index contributed by atoms with van der Waals surface area (Å²) in [7, 11) is -4.60. The van der Waals surface area contributed by atoms with Crippen molar-refractivity contribution in [1.82, 2.24) is 33.9 Å². The number of anilines is 2. The van der Waals surface area contributed by atoms with Gasteiger partial charge in [-0.1, -0.05) is 107 Å². The Hall–Kier alpha value is -5.38. The molecule has 400 valence electrons. The molecule has 22 heteroatoms. The predicted octanol–water partition coefficient (Wildman–Crippen LogP) is 15.8. The molecule has 3 N–H and O–H groups in total. The van der Waals surface area contributed by atoms with Crippen LogP contribution in [0.5, 0.6) is 0 Å². The fourth-order valence-electron chi connectivity index (χ4n) is 7.59. The number of aryl methyl sites for hydroxylation is 1. The van der Waals surface area contributed by atoms with Crippen molar-refractivity contribution in [2.75, 3.05) is 10.6 Å². The molecule has 78 heavy (non-hydrogen) atoms. The Morgan fingerprint density at radius 2 is 1.12 bits per heavy atom. The molecule has 0 spiro atoms. The second-order valence-corrected chi connectivity index (χ2v) is 24.6. The van der Waals surface area contributed by atoms with Crippen molar-refractivity contribution in [1.29, 1.82) is 0 Å². The highest BCUT2D eigenvalue weighted by Crippen LogP contribution is 2.38. The van der Waals surface area contributed by atoms with Crippen LogP contribution >= 0.6 is 94.2 Å². The van der Waals surface area contributed by atoms with Crippen LogP contribution in [0.2, 0.25) is 20.1 Å². The van der Waals surface area contributed by atoms with Gasteiger partial charge in [-0.05, 0) is 178 Å². The summed E-state index contributed by atoms with van der Waals surface area (Å²) in [4.78, 5) is 24.9. The SMILES string of the molecule is Brc1cccc(Br)n1.Cc1ccc(S(=O)(=O)n2cc(B3OC(C)(C)C(C)(C)O3)c3cc(Cl)cnc32)cc1.Clc1ccc(CNc2cccc(-c3c[nH]c4ncc(Cl)cc34)n2)cc1.Clc1ccc(CNc2cccc(Br)n2)cc1. The average Bonchev–Trinajstić information content (AvgIpc) is 4.18. The van der Waals surface area contributed by atoms with E-state index in [1.807, 2.05) is 150 Å². The van der Waals surface area contributed by atoms with Crippen molar-refractivity contribution in [2.24, 2.45) is 0 Å². The van der Waals surface area contributed by atoms with Crippen molar-refractivity contribution < 1.29 is 17.7 Å². The van der Waals surface area contributed by atoms with Crippen LogP contribution < -0.4 is 16.1 Å². The number of pyridine rings is 5. The lowest BCUT2D eigenvalue weighted by Gasteiger charge is -2.32. The van der Waals surface area contributed by atoms with Gasteiger partial charge < -0.3 is 24.9 Å². The van der Waals surface area contributed by atoms with Crippen LogP contribution in [0.15, 0.2) is 183 Å². The molecular weight excluding hydrogens is 1290 g/mol. The van der Waals surface area contributed by atoms with Crippen molar-refractivity contribution in [3.05, 3.63) is 215 Å². The summed E-state index contributed by atoms with van der Waals surface area (Å²) in [5.41, 5.74) is 5.64. The number of nitrogens with one attached hydrogen (secondary N) is 3. The molecule has 1 aliphatic rings. The zero-order valence-corrected chi connectivity index (χ0v) is 51.0. The summed E-state index contributed by atoms with van der Waals surface area (Å²) >= 11 is 33.7. The van der Waals surface area contributed by atoms with E-state index < -0.39 is 28.3 Å². The highest BCUT2D eigenvalue weighted by molar-refractivity contribution is 9.11. The molecule has 1 saturated heterocycles. The molecule has 7 aromatic heterocycles. The van der Waals surface area contributed by atoms with Crippen LogP contribution in [0, 0.1) is 6.92 Å². The fourth-order valence-corrected chi connectivity index (χ4v) is 10.8. The van der Waals surface area contributed by atoms with Crippen LogP contribution in [0.3, 0.4) is 0 Å². The molecule has 8 heterocycles. The standard InChI is InChI=1S/C20H22BClN2O4S.C19H14Cl2N4.C12H10BrClN2.C5H3Br2N/c1-13-6-8-15(9-7-13)29(25,26)24-12-17(16-10-14(22)11-23-18(16)24)21-27-19(2,3)20(4,5)28-21;20-13-6-4-12(5-7-13)9-22-18-3-1-2-17(25-18)16-11-24-19-15(16)8-14(21)10-23-19;13-11-2-1-3-12(16-11)15-8-9-4-6-10(14)7-5-9;6-4-2-1-3-5(7)8-4/h6-12H,1-5H3;1-8,10-11H,9H2,(H,22,25)(H,23,24);1-7H,8H2,(H,15,16);1-3H. The Balaban J connectivity index is 0.000000148. The summed E-state index contributed by atoms with van der Waals surface area (Å²) in [6, 6.07) is 43.1. The lowest BCUT2D eigenvalue weighted by atomic mass is 9.79. The summed E-state index contributed by atoms with van der Waals surface area (Å²) in [6.45, 7) is 11.1. The van der Waals surface area contributed by atoms with Gasteiger partial charge in [-0.3, -0.25) is 0 Å². The molecule has 1 aliphatic heterocycles. The number of benzene rings is 3. The number of aromatic nitrogens is 7.